The molecule has 0 aliphatic carbocycles. The number of carbonyl (C=O) groups excluding carboxylic acids is 3. The maximum Gasteiger partial charge on any atom is 0.323 e. The number of nitrogens with zero attached hydrogens (tertiary/aromatic N) is 2. The highest BCUT2D eigenvalue weighted by molar-refractivity contribution is 6.02. The van der Waals surface area contributed by atoms with Crippen LogP contribution in [0.4, 0.5) is 31.0 Å². The number of amides is 5. The summed E-state index contributed by atoms with van der Waals surface area (Å²) >= 11 is 0. The van der Waals surface area contributed by atoms with Crippen molar-refractivity contribution in [3.8, 4) is 11.5 Å². The first-order valence-electron chi connectivity index (χ1n) is 16.8. The van der Waals surface area contributed by atoms with Gasteiger partial charge in [-0.3, -0.25) is 4.79 Å². The largest absolute Gasteiger partial charge is 0.497 e. The average molecular weight is 694 g/mol. The number of rotatable bonds is 8. The highest BCUT2D eigenvalue weighted by Crippen LogP contribution is 2.29. The summed E-state index contributed by atoms with van der Waals surface area (Å²) in [5.41, 5.74) is 1.62. The number of nitrogens with one attached hydrogen (secondary N) is 3. The highest BCUT2D eigenvalue weighted by Gasteiger charge is 2.31. The van der Waals surface area contributed by atoms with Crippen LogP contribution in [0.5, 0.6) is 11.5 Å². The summed E-state index contributed by atoms with van der Waals surface area (Å²) in [6.45, 7) is 6.19. The van der Waals surface area contributed by atoms with E-state index in [4.69, 9.17) is 14.2 Å². The normalized spacial score (nSPS) is 19.2. The van der Waals surface area contributed by atoms with Gasteiger partial charge in [0.1, 0.15) is 17.3 Å². The summed E-state index contributed by atoms with van der Waals surface area (Å²) in [6.07, 6.45) is 1.60. The maximum absolute atomic E-state index is 14.4. The number of fused-ring (bicyclic) bond motifs is 1. The summed E-state index contributed by atoms with van der Waals surface area (Å²) < 4.78 is 31.1. The van der Waals surface area contributed by atoms with E-state index >= 15 is 0 Å². The second-order valence-corrected chi connectivity index (χ2v) is 12.6. The van der Waals surface area contributed by atoms with Gasteiger partial charge in [0.15, 0.2) is 0 Å². The summed E-state index contributed by atoms with van der Waals surface area (Å²) in [5.74, 6) is -0.0349. The second-order valence-electron chi connectivity index (χ2n) is 12.6. The SMILES string of the molecule is COc1ccc(NC(=O)Nc2ccc3c(c2)C(=O)N([C@H](C)CO)C[C@H](C)[C@H](CN(C)C(=O)Nc2ccc(F)cc2)OCCCC[C@@H](C)O3)cc1. The number of benzene rings is 3. The molecule has 12 nitrogen and oxygen atoms in total. The number of halogens is 1. The van der Waals surface area contributed by atoms with Crippen LogP contribution in [0.3, 0.4) is 0 Å². The molecule has 0 radical (unpaired) electrons. The third kappa shape index (κ3) is 10.8. The fraction of sp³-hybridized carbons (Fsp3) is 0.432. The van der Waals surface area contributed by atoms with Gasteiger partial charge in [0, 0.05) is 49.7 Å². The molecule has 5 amide bonds. The minimum absolute atomic E-state index is 0.198. The van der Waals surface area contributed by atoms with Crippen molar-refractivity contribution in [2.75, 3.05) is 56.4 Å². The van der Waals surface area contributed by atoms with Gasteiger partial charge in [-0.25, -0.2) is 14.0 Å². The first kappa shape index (κ1) is 37.9. The van der Waals surface area contributed by atoms with Crippen molar-refractivity contribution in [2.24, 2.45) is 5.92 Å². The van der Waals surface area contributed by atoms with E-state index < -0.39 is 29.9 Å². The van der Waals surface area contributed by atoms with Crippen molar-refractivity contribution in [1.29, 1.82) is 0 Å². The Hall–Kier alpha value is -4.88. The Bertz CT molecular complexity index is 1570. The van der Waals surface area contributed by atoms with E-state index in [2.05, 4.69) is 16.0 Å². The lowest BCUT2D eigenvalue weighted by atomic mass is 10.0. The van der Waals surface area contributed by atoms with Crippen molar-refractivity contribution in [3.05, 3.63) is 78.1 Å². The lowest BCUT2D eigenvalue weighted by Gasteiger charge is -2.35. The third-order valence-electron chi connectivity index (χ3n) is 8.55. The van der Waals surface area contributed by atoms with Gasteiger partial charge < -0.3 is 45.1 Å². The van der Waals surface area contributed by atoms with Gasteiger partial charge in [-0.05, 0) is 99.8 Å². The Morgan fingerprint density at radius 3 is 2.32 bits per heavy atom. The number of aliphatic hydroxyl groups is 1. The van der Waals surface area contributed by atoms with E-state index in [0.29, 0.717) is 41.6 Å². The Kier molecular flexibility index (Phi) is 13.8. The Morgan fingerprint density at radius 1 is 1.00 bits per heavy atom. The van der Waals surface area contributed by atoms with Crippen LogP contribution in [-0.4, -0.2) is 91.6 Å². The first-order valence-corrected chi connectivity index (χ1v) is 16.8. The summed E-state index contributed by atoms with van der Waals surface area (Å²) in [7, 11) is 3.21. The monoisotopic (exact) mass is 693 g/mol. The fourth-order valence-electron chi connectivity index (χ4n) is 5.54. The third-order valence-corrected chi connectivity index (χ3v) is 8.55. The van der Waals surface area contributed by atoms with Crippen LogP contribution in [0.1, 0.15) is 50.4 Å². The topological polar surface area (TPSA) is 142 Å². The average Bonchev–Trinajstić information content (AvgIpc) is 3.10. The molecule has 1 aliphatic heterocycles. The standard InChI is InChI=1S/C37H48FN5O7/c1-24-21-43(25(2)23-44)35(45)32-20-30(40-36(46)39-28-13-16-31(48-5)17-14-28)15-18-33(32)50-26(3)8-6-7-19-49-34(24)22-42(4)37(47)41-29-11-9-27(38)10-12-29/h9-18,20,24-26,34,44H,6-8,19,21-23H2,1-5H3,(H,41,47)(H2,39,40,46)/t24-,25+,26+,34-/m0/s1. The van der Waals surface area contributed by atoms with Crippen molar-refractivity contribution in [1.82, 2.24) is 9.80 Å². The molecule has 1 heterocycles. The van der Waals surface area contributed by atoms with Crippen molar-refractivity contribution < 1.29 is 38.1 Å². The van der Waals surface area contributed by atoms with Gasteiger partial charge in [0.05, 0.1) is 37.5 Å². The molecule has 4 N–H and O–H groups in total. The van der Waals surface area contributed by atoms with Crippen LogP contribution in [0.25, 0.3) is 0 Å². The zero-order chi connectivity index (χ0) is 36.2. The minimum atomic E-state index is -0.571. The van der Waals surface area contributed by atoms with Crippen molar-refractivity contribution in [2.45, 2.75) is 58.3 Å². The zero-order valence-electron chi connectivity index (χ0n) is 29.3. The van der Waals surface area contributed by atoms with Crippen LogP contribution in [0.2, 0.25) is 0 Å². The minimum Gasteiger partial charge on any atom is -0.497 e. The predicted molar refractivity (Wildman–Crippen MR) is 191 cm³/mol. The number of methoxy groups -OCH3 is 1. The number of ether oxygens (including phenoxy) is 3. The smallest absolute Gasteiger partial charge is 0.323 e. The number of carbonyl (C=O) groups is 3. The van der Waals surface area contributed by atoms with Gasteiger partial charge in [0.2, 0.25) is 0 Å². The number of anilines is 3. The van der Waals surface area contributed by atoms with Gasteiger partial charge in [-0.15, -0.1) is 0 Å². The van der Waals surface area contributed by atoms with Gasteiger partial charge in [-0.2, -0.15) is 0 Å². The molecule has 0 saturated heterocycles. The molecule has 0 fully saturated rings. The number of hydrogen-bond acceptors (Lipinski definition) is 7. The lowest BCUT2D eigenvalue weighted by Crippen LogP contribution is -2.48. The molecule has 0 spiro atoms. The number of urea groups is 2. The molecule has 4 rings (SSSR count). The maximum atomic E-state index is 14.4. The molecule has 4 atom stereocenters. The summed E-state index contributed by atoms with van der Waals surface area (Å²) in [6, 6.07) is 15.9. The van der Waals surface area contributed by atoms with Gasteiger partial charge >= 0.3 is 12.1 Å². The van der Waals surface area contributed by atoms with E-state index in [0.717, 1.165) is 12.8 Å². The molecule has 1 aliphatic rings. The van der Waals surface area contributed by atoms with E-state index in [9.17, 15) is 23.9 Å². The molecule has 0 saturated carbocycles. The Balaban J connectivity index is 1.56. The van der Waals surface area contributed by atoms with E-state index in [-0.39, 0.29) is 43.3 Å². The van der Waals surface area contributed by atoms with E-state index in [1.165, 1.54) is 29.2 Å². The van der Waals surface area contributed by atoms with Crippen molar-refractivity contribution in [3.63, 3.8) is 0 Å². The summed E-state index contributed by atoms with van der Waals surface area (Å²) in [5, 5.41) is 18.6. The zero-order valence-corrected chi connectivity index (χ0v) is 29.3. The molecular formula is C37H48FN5O7. The van der Waals surface area contributed by atoms with E-state index in [1.807, 2.05) is 13.8 Å². The van der Waals surface area contributed by atoms with Crippen LogP contribution in [0, 0.1) is 11.7 Å². The van der Waals surface area contributed by atoms with Gasteiger partial charge in [-0.1, -0.05) is 6.92 Å². The van der Waals surface area contributed by atoms with Crippen LogP contribution < -0.4 is 25.4 Å². The molecular weight excluding hydrogens is 645 g/mol. The Labute approximate surface area is 292 Å². The molecule has 0 bridgehead atoms. The van der Waals surface area contributed by atoms with Crippen LogP contribution >= 0.6 is 0 Å². The summed E-state index contributed by atoms with van der Waals surface area (Å²) in [4.78, 5) is 43.4. The molecule has 0 unspecified atom stereocenters. The lowest BCUT2D eigenvalue weighted by molar-refractivity contribution is -0.0115. The number of aliphatic hydroxyl groups excluding tert-OH is 1. The Morgan fingerprint density at radius 2 is 1.64 bits per heavy atom. The molecule has 0 aromatic heterocycles. The highest BCUT2D eigenvalue weighted by atomic mass is 19.1. The van der Waals surface area contributed by atoms with Crippen LogP contribution in [0.15, 0.2) is 66.7 Å². The van der Waals surface area contributed by atoms with Crippen LogP contribution in [-0.2, 0) is 4.74 Å². The second kappa shape index (κ2) is 18.2. The van der Waals surface area contributed by atoms with Crippen molar-refractivity contribution >= 4 is 35.0 Å². The quantitative estimate of drug-likeness (QED) is 0.213. The van der Waals surface area contributed by atoms with Gasteiger partial charge in [0.25, 0.3) is 5.91 Å². The molecule has 270 valence electrons. The molecule has 3 aromatic rings. The van der Waals surface area contributed by atoms with E-state index in [1.54, 1.807) is 68.4 Å². The molecule has 50 heavy (non-hydrogen) atoms. The number of hydrogen-bond donors (Lipinski definition) is 4. The predicted octanol–water partition coefficient (Wildman–Crippen LogP) is 6.44. The molecule has 3 aromatic carbocycles. The molecule has 13 heteroatoms. The number of likely N-dealkylation sites (N-methyl/N-ethyl adjacent to an activating group) is 1. The first-order chi connectivity index (χ1) is 24.0. The fourth-order valence-corrected chi connectivity index (χ4v) is 5.54.